The van der Waals surface area contributed by atoms with Crippen molar-refractivity contribution in [3.63, 3.8) is 0 Å². The highest BCUT2D eigenvalue weighted by atomic mass is 16.5. The van der Waals surface area contributed by atoms with Crippen molar-refractivity contribution in [3.8, 4) is 0 Å². The number of rotatable bonds is 7. The zero-order valence-electron chi connectivity index (χ0n) is 9.23. The summed E-state index contributed by atoms with van der Waals surface area (Å²) in [6, 6.07) is 0. The molecule has 0 amide bonds. The van der Waals surface area contributed by atoms with Crippen molar-refractivity contribution >= 4 is 0 Å². The Morgan fingerprint density at radius 3 is 2.54 bits per heavy atom. The second kappa shape index (κ2) is 4.97. The average Bonchev–Trinajstić information content (AvgIpc) is 2.87. The van der Waals surface area contributed by atoms with Crippen LogP contribution in [0.25, 0.3) is 0 Å². The monoisotopic (exact) mass is 185 g/mol. The predicted octanol–water partition coefficient (Wildman–Crippen LogP) is 2.19. The predicted molar refractivity (Wildman–Crippen MR) is 55.9 cm³/mol. The molecule has 2 nitrogen and oxygen atoms in total. The molecule has 0 aromatic carbocycles. The quantitative estimate of drug-likeness (QED) is 0.614. The van der Waals surface area contributed by atoms with Crippen LogP contribution in [-0.4, -0.2) is 25.8 Å². The molecular weight excluding hydrogens is 162 g/mol. The second-order valence-electron chi connectivity index (χ2n) is 4.70. The van der Waals surface area contributed by atoms with Gasteiger partial charge in [-0.3, -0.25) is 0 Å². The molecule has 0 aliphatic heterocycles. The molecule has 0 atom stereocenters. The van der Waals surface area contributed by atoms with E-state index in [1.165, 1.54) is 25.8 Å². The normalized spacial score (nSPS) is 17.8. The van der Waals surface area contributed by atoms with E-state index >= 15 is 0 Å². The molecule has 78 valence electrons. The first-order chi connectivity index (χ1) is 6.14. The summed E-state index contributed by atoms with van der Waals surface area (Å²) in [5.41, 5.74) is 0.0343. The van der Waals surface area contributed by atoms with Gasteiger partial charge in [0.15, 0.2) is 0 Å². The minimum atomic E-state index is 0.0343. The van der Waals surface area contributed by atoms with Crippen molar-refractivity contribution in [3.05, 3.63) is 0 Å². The van der Waals surface area contributed by atoms with Crippen LogP contribution in [0.5, 0.6) is 0 Å². The maximum absolute atomic E-state index is 5.34. The molecule has 0 saturated heterocycles. The summed E-state index contributed by atoms with van der Waals surface area (Å²) in [7, 11) is 1.78. The molecule has 0 aromatic rings. The van der Waals surface area contributed by atoms with E-state index in [2.05, 4.69) is 19.2 Å². The summed E-state index contributed by atoms with van der Waals surface area (Å²) in [6.45, 7) is 6.53. The van der Waals surface area contributed by atoms with Crippen LogP contribution in [0.3, 0.4) is 0 Å². The Labute approximate surface area is 82.0 Å². The van der Waals surface area contributed by atoms with E-state index in [-0.39, 0.29) is 5.60 Å². The Kier molecular flexibility index (Phi) is 4.20. The minimum absolute atomic E-state index is 0.0343. The van der Waals surface area contributed by atoms with Gasteiger partial charge in [-0.05, 0) is 45.7 Å². The Balaban J connectivity index is 1.87. The summed E-state index contributed by atoms with van der Waals surface area (Å²) in [5, 5.41) is 3.47. The van der Waals surface area contributed by atoms with Gasteiger partial charge < -0.3 is 10.1 Å². The highest BCUT2D eigenvalue weighted by Gasteiger charge is 2.20. The fraction of sp³-hybridized carbons (Fsp3) is 1.00. The van der Waals surface area contributed by atoms with Crippen molar-refractivity contribution in [2.75, 3.05) is 20.2 Å². The van der Waals surface area contributed by atoms with Crippen LogP contribution in [0.1, 0.15) is 39.5 Å². The van der Waals surface area contributed by atoms with Crippen LogP contribution in [-0.2, 0) is 4.74 Å². The third-order valence-electron chi connectivity index (χ3n) is 2.88. The standard InChI is InChI=1S/C11H23NO/c1-11(2,13-3)7-9-12-8-6-10-4-5-10/h10,12H,4-9H2,1-3H3. The average molecular weight is 185 g/mol. The molecule has 2 heteroatoms. The minimum Gasteiger partial charge on any atom is -0.379 e. The zero-order valence-corrected chi connectivity index (χ0v) is 9.23. The van der Waals surface area contributed by atoms with Gasteiger partial charge in [0.25, 0.3) is 0 Å². The van der Waals surface area contributed by atoms with E-state index in [0.29, 0.717) is 0 Å². The van der Waals surface area contributed by atoms with Gasteiger partial charge in [-0.2, -0.15) is 0 Å². The molecule has 1 N–H and O–H groups in total. The summed E-state index contributed by atoms with van der Waals surface area (Å²) < 4.78 is 5.34. The lowest BCUT2D eigenvalue weighted by Crippen LogP contribution is -2.29. The maximum Gasteiger partial charge on any atom is 0.0634 e. The van der Waals surface area contributed by atoms with Gasteiger partial charge in [-0.1, -0.05) is 12.8 Å². The smallest absolute Gasteiger partial charge is 0.0634 e. The Morgan fingerprint density at radius 2 is 2.00 bits per heavy atom. The van der Waals surface area contributed by atoms with Crippen LogP contribution < -0.4 is 5.32 Å². The van der Waals surface area contributed by atoms with Gasteiger partial charge in [0.2, 0.25) is 0 Å². The van der Waals surface area contributed by atoms with Crippen molar-refractivity contribution in [2.24, 2.45) is 5.92 Å². The Hall–Kier alpha value is -0.0800. The molecule has 0 heterocycles. The van der Waals surface area contributed by atoms with Crippen LogP contribution in [0.4, 0.5) is 0 Å². The van der Waals surface area contributed by atoms with Crippen LogP contribution in [0.2, 0.25) is 0 Å². The van der Waals surface area contributed by atoms with Crippen LogP contribution >= 0.6 is 0 Å². The number of methoxy groups -OCH3 is 1. The number of nitrogens with one attached hydrogen (secondary N) is 1. The van der Waals surface area contributed by atoms with E-state index in [1.54, 1.807) is 7.11 Å². The Morgan fingerprint density at radius 1 is 1.31 bits per heavy atom. The van der Waals surface area contributed by atoms with E-state index in [0.717, 1.165) is 18.9 Å². The molecule has 1 aliphatic rings. The summed E-state index contributed by atoms with van der Waals surface area (Å²) in [5.74, 6) is 1.04. The lowest BCUT2D eigenvalue weighted by atomic mass is 10.1. The molecule has 13 heavy (non-hydrogen) atoms. The van der Waals surface area contributed by atoms with Gasteiger partial charge in [-0.15, -0.1) is 0 Å². The molecule has 0 aromatic heterocycles. The first-order valence-corrected chi connectivity index (χ1v) is 5.40. The van der Waals surface area contributed by atoms with E-state index in [9.17, 15) is 0 Å². The molecule has 0 bridgehead atoms. The number of hydrogen-bond acceptors (Lipinski definition) is 2. The van der Waals surface area contributed by atoms with Crippen LogP contribution in [0.15, 0.2) is 0 Å². The molecule has 1 saturated carbocycles. The van der Waals surface area contributed by atoms with Crippen molar-refractivity contribution in [2.45, 2.75) is 45.1 Å². The van der Waals surface area contributed by atoms with Gasteiger partial charge in [0, 0.05) is 7.11 Å². The molecule has 1 rings (SSSR count). The van der Waals surface area contributed by atoms with E-state index in [4.69, 9.17) is 4.74 Å². The molecule has 0 spiro atoms. The lowest BCUT2D eigenvalue weighted by Gasteiger charge is -2.22. The fourth-order valence-corrected chi connectivity index (χ4v) is 1.33. The van der Waals surface area contributed by atoms with Gasteiger partial charge in [0.05, 0.1) is 5.60 Å². The van der Waals surface area contributed by atoms with Gasteiger partial charge in [-0.25, -0.2) is 0 Å². The molecule has 1 fully saturated rings. The summed E-state index contributed by atoms with van der Waals surface area (Å²) in [4.78, 5) is 0. The first kappa shape index (κ1) is 11.0. The van der Waals surface area contributed by atoms with E-state index < -0.39 is 0 Å². The molecule has 1 aliphatic carbocycles. The molecule has 0 radical (unpaired) electrons. The number of ether oxygens (including phenoxy) is 1. The van der Waals surface area contributed by atoms with Crippen molar-refractivity contribution in [1.29, 1.82) is 0 Å². The first-order valence-electron chi connectivity index (χ1n) is 5.40. The highest BCUT2D eigenvalue weighted by molar-refractivity contribution is 4.74. The second-order valence-corrected chi connectivity index (χ2v) is 4.70. The van der Waals surface area contributed by atoms with Gasteiger partial charge >= 0.3 is 0 Å². The number of hydrogen-bond donors (Lipinski definition) is 1. The fourth-order valence-electron chi connectivity index (χ4n) is 1.33. The van der Waals surface area contributed by atoms with Crippen LogP contribution in [0, 0.1) is 5.92 Å². The Bertz CT molecular complexity index is 141. The third-order valence-corrected chi connectivity index (χ3v) is 2.88. The van der Waals surface area contributed by atoms with Gasteiger partial charge in [0.1, 0.15) is 0 Å². The summed E-state index contributed by atoms with van der Waals surface area (Å²) in [6.07, 6.45) is 5.39. The topological polar surface area (TPSA) is 21.3 Å². The van der Waals surface area contributed by atoms with Crippen molar-refractivity contribution in [1.82, 2.24) is 5.32 Å². The largest absolute Gasteiger partial charge is 0.379 e. The lowest BCUT2D eigenvalue weighted by molar-refractivity contribution is 0.0159. The molecule has 0 unspecified atom stereocenters. The van der Waals surface area contributed by atoms with E-state index in [1.807, 2.05) is 0 Å². The maximum atomic E-state index is 5.34. The highest BCUT2D eigenvalue weighted by Crippen LogP contribution is 2.31. The zero-order chi connectivity index (χ0) is 9.73. The SMILES string of the molecule is COC(C)(C)CCNCCC1CC1. The molecular formula is C11H23NO. The third kappa shape index (κ3) is 5.27. The summed E-state index contributed by atoms with van der Waals surface area (Å²) >= 11 is 0. The van der Waals surface area contributed by atoms with Crippen molar-refractivity contribution < 1.29 is 4.74 Å².